The molecule has 2 saturated heterocycles. The van der Waals surface area contributed by atoms with Gasteiger partial charge in [0.1, 0.15) is 5.82 Å². The lowest BCUT2D eigenvalue weighted by atomic mass is 9.95. The number of carbonyl (C=O) groups excluding carboxylic acids is 2. The van der Waals surface area contributed by atoms with Crippen molar-refractivity contribution in [3.63, 3.8) is 0 Å². The smallest absolute Gasteiger partial charge is 0.296 e. The zero-order valence-electron chi connectivity index (χ0n) is 23.5. The van der Waals surface area contributed by atoms with E-state index in [1.807, 2.05) is 4.90 Å². The Kier molecular flexibility index (Phi) is 8.18. The molecule has 13 heteroatoms. The first-order valence-electron chi connectivity index (χ1n) is 14.5. The lowest BCUT2D eigenvalue weighted by Crippen LogP contribution is -2.44. The Balaban J connectivity index is 1.18. The summed E-state index contributed by atoms with van der Waals surface area (Å²) in [7, 11) is 1.76. The van der Waals surface area contributed by atoms with E-state index in [0.29, 0.717) is 62.9 Å². The number of carbonyl (C=O) groups is 2. The Labute approximate surface area is 242 Å². The summed E-state index contributed by atoms with van der Waals surface area (Å²) in [6.07, 6.45) is 0.571. The van der Waals surface area contributed by atoms with Gasteiger partial charge in [0.2, 0.25) is 23.6 Å². The zero-order valence-corrected chi connectivity index (χ0v) is 23.5. The summed E-state index contributed by atoms with van der Waals surface area (Å²) in [5.41, 5.74) is 0.969. The first-order chi connectivity index (χ1) is 20.4. The predicted octanol–water partition coefficient (Wildman–Crippen LogP) is 3.12. The molecule has 2 amide bonds. The maximum absolute atomic E-state index is 14.1. The van der Waals surface area contributed by atoms with Gasteiger partial charge in [0.05, 0.1) is 30.9 Å². The minimum atomic E-state index is -2.80. The molecule has 2 unspecified atom stereocenters. The Morgan fingerprint density at radius 1 is 1.12 bits per heavy atom. The molecule has 1 aliphatic carbocycles. The maximum Gasteiger partial charge on any atom is 0.296 e. The number of alkyl halides is 2. The quantitative estimate of drug-likeness (QED) is 0.430. The van der Waals surface area contributed by atoms with Crippen molar-refractivity contribution in [1.82, 2.24) is 29.7 Å². The van der Waals surface area contributed by atoms with E-state index < -0.39 is 12.2 Å². The molecule has 0 bridgehead atoms. The molecule has 0 spiro atoms. The van der Waals surface area contributed by atoms with Crippen LogP contribution in [0.4, 0.5) is 14.7 Å². The first kappa shape index (κ1) is 28.3. The van der Waals surface area contributed by atoms with Crippen LogP contribution in [-0.2, 0) is 14.3 Å². The largest absolute Gasteiger partial charge is 0.477 e. The van der Waals surface area contributed by atoms with E-state index in [2.05, 4.69) is 20.3 Å². The van der Waals surface area contributed by atoms with Crippen LogP contribution in [-0.4, -0.2) is 88.8 Å². The van der Waals surface area contributed by atoms with Crippen molar-refractivity contribution >= 4 is 28.8 Å². The topological polar surface area (TPSA) is 115 Å². The van der Waals surface area contributed by atoms with Gasteiger partial charge in [-0.1, -0.05) is 12.1 Å². The molecule has 4 heterocycles. The molecule has 0 radical (unpaired) electrons. The van der Waals surface area contributed by atoms with E-state index in [1.165, 1.54) is 4.57 Å². The Hall–Kier alpha value is -3.87. The van der Waals surface area contributed by atoms with Crippen LogP contribution in [0.15, 0.2) is 30.3 Å². The molecule has 3 aromatic rings. The van der Waals surface area contributed by atoms with Gasteiger partial charge in [0.15, 0.2) is 5.82 Å². The van der Waals surface area contributed by atoms with Gasteiger partial charge >= 0.3 is 0 Å². The van der Waals surface area contributed by atoms with Crippen LogP contribution in [0.5, 0.6) is 5.88 Å². The van der Waals surface area contributed by atoms with E-state index >= 15 is 0 Å². The molecule has 1 aromatic carbocycles. The van der Waals surface area contributed by atoms with E-state index in [-0.39, 0.29) is 47.8 Å². The fourth-order valence-electron chi connectivity index (χ4n) is 5.97. The van der Waals surface area contributed by atoms with Crippen molar-refractivity contribution in [3.05, 3.63) is 36.2 Å². The fourth-order valence-corrected chi connectivity index (χ4v) is 5.97. The van der Waals surface area contributed by atoms with E-state index in [1.54, 1.807) is 42.3 Å². The number of anilines is 1. The van der Waals surface area contributed by atoms with Crippen LogP contribution >= 0.6 is 0 Å². The third kappa shape index (κ3) is 6.01. The van der Waals surface area contributed by atoms with Crippen LogP contribution in [0.25, 0.3) is 16.9 Å². The zero-order chi connectivity index (χ0) is 29.2. The van der Waals surface area contributed by atoms with Crippen LogP contribution in [0.2, 0.25) is 0 Å². The predicted molar refractivity (Wildman–Crippen MR) is 150 cm³/mol. The summed E-state index contributed by atoms with van der Waals surface area (Å²) in [6, 6.07) is 8.56. The van der Waals surface area contributed by atoms with Crippen molar-refractivity contribution < 1.29 is 27.8 Å². The minimum absolute atomic E-state index is 0.00382. The molecule has 1 saturated carbocycles. The lowest BCUT2D eigenvalue weighted by Gasteiger charge is -2.28. The van der Waals surface area contributed by atoms with Crippen LogP contribution < -0.4 is 15.0 Å². The van der Waals surface area contributed by atoms with Gasteiger partial charge in [-0.05, 0) is 43.7 Å². The highest BCUT2D eigenvalue weighted by molar-refractivity contribution is 5.87. The molecule has 6 rings (SSSR count). The maximum atomic E-state index is 14.1. The van der Waals surface area contributed by atoms with Gasteiger partial charge < -0.3 is 24.6 Å². The number of halogens is 2. The molecule has 1 N–H and O–H groups in total. The van der Waals surface area contributed by atoms with E-state index in [4.69, 9.17) is 9.47 Å². The number of amides is 2. The number of benzene rings is 1. The van der Waals surface area contributed by atoms with Gasteiger partial charge in [-0.25, -0.2) is 13.8 Å². The fraction of sp³-hybridized carbons (Fsp3) is 0.552. The number of para-hydroxylation sites is 2. The molecule has 42 heavy (non-hydrogen) atoms. The first-order valence-corrected chi connectivity index (χ1v) is 14.5. The number of aromatic nitrogens is 4. The van der Waals surface area contributed by atoms with E-state index in [0.717, 1.165) is 19.3 Å². The van der Waals surface area contributed by atoms with Crippen molar-refractivity contribution in [3.8, 4) is 11.7 Å². The number of nitrogens with one attached hydrogen (secondary N) is 1. The molecule has 3 fully saturated rings. The van der Waals surface area contributed by atoms with Crippen molar-refractivity contribution in [2.24, 2.45) is 11.8 Å². The summed E-state index contributed by atoms with van der Waals surface area (Å²) in [5, 5.41) is 3.14. The average molecular weight is 584 g/mol. The van der Waals surface area contributed by atoms with Crippen molar-refractivity contribution in [1.29, 1.82) is 0 Å². The third-order valence-corrected chi connectivity index (χ3v) is 8.37. The van der Waals surface area contributed by atoms with Gasteiger partial charge in [-0.2, -0.15) is 9.97 Å². The number of rotatable bonds is 8. The highest BCUT2D eigenvalue weighted by Crippen LogP contribution is 2.31. The molecule has 3 aliphatic rings. The van der Waals surface area contributed by atoms with Crippen LogP contribution in [0.1, 0.15) is 44.4 Å². The summed E-state index contributed by atoms with van der Waals surface area (Å²) < 4.78 is 41.2. The number of ether oxygens (including phenoxy) is 2. The number of piperidine rings is 1. The Bertz CT molecular complexity index is 1440. The second kappa shape index (κ2) is 12.2. The molecule has 224 valence electrons. The number of hydrogen-bond acceptors (Lipinski definition) is 8. The molecule has 2 aromatic heterocycles. The van der Waals surface area contributed by atoms with Crippen LogP contribution in [0.3, 0.4) is 0 Å². The van der Waals surface area contributed by atoms with E-state index in [9.17, 15) is 18.4 Å². The Morgan fingerprint density at radius 2 is 1.93 bits per heavy atom. The lowest BCUT2D eigenvalue weighted by molar-refractivity contribution is -0.139. The normalized spacial score (nSPS) is 23.1. The monoisotopic (exact) mass is 583 g/mol. The summed E-state index contributed by atoms with van der Waals surface area (Å²) in [6.45, 7) is 3.13. The van der Waals surface area contributed by atoms with Gasteiger partial charge in [-0.15, -0.1) is 0 Å². The second-order valence-corrected chi connectivity index (χ2v) is 11.3. The summed E-state index contributed by atoms with van der Waals surface area (Å²) in [5.74, 6) is 0.393. The molecule has 3 atom stereocenters. The number of hydrogen-bond donors (Lipinski definition) is 1. The minimum Gasteiger partial charge on any atom is -0.477 e. The summed E-state index contributed by atoms with van der Waals surface area (Å²) >= 11 is 0. The molecule has 11 nitrogen and oxygen atoms in total. The number of likely N-dealkylation sites (tertiary alicyclic amines) is 1. The van der Waals surface area contributed by atoms with Crippen molar-refractivity contribution in [2.45, 2.75) is 44.6 Å². The van der Waals surface area contributed by atoms with Crippen LogP contribution in [0, 0.1) is 11.8 Å². The number of morpholine rings is 1. The third-order valence-electron chi connectivity index (χ3n) is 8.37. The molecular formula is C29H35F2N7O4. The van der Waals surface area contributed by atoms with Gasteiger partial charge in [-0.3, -0.25) is 14.2 Å². The van der Waals surface area contributed by atoms with Gasteiger partial charge in [0.25, 0.3) is 6.43 Å². The average Bonchev–Trinajstić information content (AvgIpc) is 3.62. The number of imidazole rings is 1. The number of fused-ring (bicyclic) bond motifs is 1. The highest BCUT2D eigenvalue weighted by atomic mass is 19.3. The Morgan fingerprint density at radius 3 is 2.71 bits per heavy atom. The number of nitrogens with zero attached hydrogens (tertiary/aromatic N) is 6. The standard InChI is InChI=1S/C29H35F2N7O4/c1-36-9-8-19(15-25(36)39)28(40)32-20-7-6-18(14-20)17-42-24-16-23(34-29(35-24)37-10-12-41-13-11-37)38-22-5-3-2-4-21(22)33-27(38)26(30)31/h2-5,16,18-20,26H,6-15,17H2,1H3,(H,32,40)/t18?,19?,20-/m0/s1. The second-order valence-electron chi connectivity index (χ2n) is 11.3. The summed E-state index contributed by atoms with van der Waals surface area (Å²) in [4.78, 5) is 41.9. The molecular weight excluding hydrogens is 548 g/mol. The van der Waals surface area contributed by atoms with Gasteiger partial charge in [0, 0.05) is 51.1 Å². The molecule has 2 aliphatic heterocycles. The van der Waals surface area contributed by atoms with Crippen molar-refractivity contribution in [2.75, 3.05) is 51.4 Å². The SMILES string of the molecule is CN1CCC(C(=O)N[C@H]2CCC(COc3cc(-n4c(C(F)F)nc5ccccc54)nc(N4CCOCC4)n3)C2)CC1=O. The highest BCUT2D eigenvalue weighted by Gasteiger charge is 2.32.